The first-order chi connectivity index (χ1) is 11.2. The number of rotatable bonds is 5. The van der Waals surface area contributed by atoms with Crippen molar-refractivity contribution in [1.29, 1.82) is 0 Å². The van der Waals surface area contributed by atoms with E-state index in [0.29, 0.717) is 13.2 Å². The van der Waals surface area contributed by atoms with Crippen LogP contribution in [0.15, 0.2) is 24.5 Å². The van der Waals surface area contributed by atoms with Crippen LogP contribution in [0.4, 0.5) is 0 Å². The first kappa shape index (κ1) is 16.4. The van der Waals surface area contributed by atoms with Gasteiger partial charge >= 0.3 is 5.97 Å². The number of aromatic nitrogens is 1. The zero-order valence-corrected chi connectivity index (χ0v) is 13.5. The topological polar surface area (TPSA) is 65.9 Å². The van der Waals surface area contributed by atoms with Crippen molar-refractivity contribution >= 4 is 5.97 Å². The fourth-order valence-electron chi connectivity index (χ4n) is 3.54. The van der Waals surface area contributed by atoms with E-state index in [1.165, 1.54) is 5.56 Å². The lowest BCUT2D eigenvalue weighted by Crippen LogP contribution is -2.56. The molecule has 0 unspecified atom stereocenters. The lowest BCUT2D eigenvalue weighted by molar-refractivity contribution is -0.144. The highest BCUT2D eigenvalue weighted by Crippen LogP contribution is 2.30. The fourth-order valence-corrected chi connectivity index (χ4v) is 3.54. The smallest absolute Gasteiger partial charge is 0.304 e. The molecule has 0 atom stereocenters. The van der Waals surface area contributed by atoms with Gasteiger partial charge in [0.25, 0.3) is 0 Å². The molecule has 2 saturated heterocycles. The van der Waals surface area contributed by atoms with E-state index >= 15 is 0 Å². The molecule has 3 rings (SSSR count). The SMILES string of the molecule is O=C(O)CCN1CCOC2(CCN(Cc3cccnc3)CC2)C1. The standard InChI is InChI=1S/C17H25N3O3/c21-16(22)3-7-20-10-11-23-17(14-20)4-8-19(9-5-17)13-15-2-1-6-18-12-15/h1-2,6,12H,3-5,7-11,13-14H2,(H,21,22). The number of morpholine rings is 1. The maximum atomic E-state index is 10.8. The second-order valence-corrected chi connectivity index (χ2v) is 6.59. The molecule has 0 amide bonds. The van der Waals surface area contributed by atoms with Crippen molar-refractivity contribution in [2.24, 2.45) is 0 Å². The van der Waals surface area contributed by atoms with E-state index in [0.717, 1.165) is 45.6 Å². The second kappa shape index (κ2) is 7.38. The van der Waals surface area contributed by atoms with Crippen molar-refractivity contribution in [3.63, 3.8) is 0 Å². The number of carboxylic acid groups (broad SMARTS) is 1. The summed E-state index contributed by atoms with van der Waals surface area (Å²) >= 11 is 0. The number of pyridine rings is 1. The van der Waals surface area contributed by atoms with E-state index in [1.54, 1.807) is 6.20 Å². The highest BCUT2D eigenvalue weighted by Gasteiger charge is 2.39. The Morgan fingerprint density at radius 2 is 2.13 bits per heavy atom. The summed E-state index contributed by atoms with van der Waals surface area (Å²) in [6.07, 6.45) is 5.96. The Morgan fingerprint density at radius 3 is 2.83 bits per heavy atom. The maximum Gasteiger partial charge on any atom is 0.304 e. The highest BCUT2D eigenvalue weighted by atomic mass is 16.5. The number of ether oxygens (including phenoxy) is 1. The van der Waals surface area contributed by atoms with Crippen LogP contribution < -0.4 is 0 Å². The van der Waals surface area contributed by atoms with Crippen LogP contribution in [-0.2, 0) is 16.1 Å². The second-order valence-electron chi connectivity index (χ2n) is 6.59. The van der Waals surface area contributed by atoms with Crippen LogP contribution in [0.1, 0.15) is 24.8 Å². The molecule has 1 N–H and O–H groups in total. The Hall–Kier alpha value is -1.50. The molecule has 2 fully saturated rings. The van der Waals surface area contributed by atoms with Gasteiger partial charge in [-0.05, 0) is 24.5 Å². The number of carboxylic acids is 1. The van der Waals surface area contributed by atoms with Gasteiger partial charge in [-0.25, -0.2) is 0 Å². The van der Waals surface area contributed by atoms with Gasteiger partial charge in [-0.3, -0.25) is 19.6 Å². The van der Waals surface area contributed by atoms with Crippen LogP contribution in [0.2, 0.25) is 0 Å². The van der Waals surface area contributed by atoms with Crippen LogP contribution in [0.5, 0.6) is 0 Å². The van der Waals surface area contributed by atoms with E-state index in [4.69, 9.17) is 9.84 Å². The van der Waals surface area contributed by atoms with Gasteiger partial charge in [0.2, 0.25) is 0 Å². The maximum absolute atomic E-state index is 10.8. The molecular formula is C17H25N3O3. The molecule has 2 aliphatic heterocycles. The van der Waals surface area contributed by atoms with Gasteiger partial charge in [-0.1, -0.05) is 6.07 Å². The molecule has 6 nitrogen and oxygen atoms in total. The largest absolute Gasteiger partial charge is 0.481 e. The van der Waals surface area contributed by atoms with Crippen LogP contribution in [0, 0.1) is 0 Å². The molecule has 6 heteroatoms. The number of aliphatic carboxylic acids is 1. The number of nitrogens with zero attached hydrogens (tertiary/aromatic N) is 3. The summed E-state index contributed by atoms with van der Waals surface area (Å²) in [5.41, 5.74) is 1.17. The van der Waals surface area contributed by atoms with Crippen LogP contribution in [0.3, 0.4) is 0 Å². The number of likely N-dealkylation sites (tertiary alicyclic amines) is 1. The van der Waals surface area contributed by atoms with Crippen LogP contribution in [0.25, 0.3) is 0 Å². The number of hydrogen-bond acceptors (Lipinski definition) is 5. The molecule has 1 aromatic rings. The van der Waals surface area contributed by atoms with Gasteiger partial charge in [0.1, 0.15) is 0 Å². The Balaban J connectivity index is 1.50. The minimum Gasteiger partial charge on any atom is -0.481 e. The summed E-state index contributed by atoms with van der Waals surface area (Å²) in [4.78, 5) is 19.6. The molecule has 23 heavy (non-hydrogen) atoms. The Bertz CT molecular complexity index is 515. The fraction of sp³-hybridized carbons (Fsp3) is 0.647. The first-order valence-electron chi connectivity index (χ1n) is 8.35. The minimum absolute atomic E-state index is 0.0812. The molecular weight excluding hydrogens is 294 g/mol. The third kappa shape index (κ3) is 4.50. The minimum atomic E-state index is -0.725. The van der Waals surface area contributed by atoms with E-state index < -0.39 is 5.97 Å². The van der Waals surface area contributed by atoms with Crippen molar-refractivity contribution in [2.45, 2.75) is 31.4 Å². The van der Waals surface area contributed by atoms with Crippen molar-refractivity contribution in [1.82, 2.24) is 14.8 Å². The summed E-state index contributed by atoms with van der Waals surface area (Å²) in [5, 5.41) is 8.85. The molecule has 0 bridgehead atoms. The summed E-state index contributed by atoms with van der Waals surface area (Å²) in [6, 6.07) is 4.09. The monoisotopic (exact) mass is 319 g/mol. The van der Waals surface area contributed by atoms with Gasteiger partial charge < -0.3 is 9.84 Å². The van der Waals surface area contributed by atoms with Gasteiger partial charge in [0.05, 0.1) is 18.6 Å². The quantitative estimate of drug-likeness (QED) is 0.880. The summed E-state index contributed by atoms with van der Waals surface area (Å²) < 4.78 is 6.11. The highest BCUT2D eigenvalue weighted by molar-refractivity contribution is 5.66. The molecule has 2 aliphatic rings. The average Bonchev–Trinajstić information content (AvgIpc) is 2.57. The molecule has 0 radical (unpaired) electrons. The summed E-state index contributed by atoms with van der Waals surface area (Å²) in [6.45, 7) is 6.01. The molecule has 0 aromatic carbocycles. The third-order valence-electron chi connectivity index (χ3n) is 4.87. The molecule has 1 spiro atoms. The third-order valence-corrected chi connectivity index (χ3v) is 4.87. The predicted octanol–water partition coefficient (Wildman–Crippen LogP) is 1.22. The molecule has 0 aliphatic carbocycles. The van der Waals surface area contributed by atoms with Gasteiger partial charge in [-0.2, -0.15) is 0 Å². The van der Waals surface area contributed by atoms with E-state index in [9.17, 15) is 4.79 Å². The van der Waals surface area contributed by atoms with Crippen molar-refractivity contribution in [3.05, 3.63) is 30.1 Å². The molecule has 0 saturated carbocycles. The van der Waals surface area contributed by atoms with Crippen molar-refractivity contribution in [3.8, 4) is 0 Å². The lowest BCUT2D eigenvalue weighted by atomic mass is 9.89. The van der Waals surface area contributed by atoms with E-state index in [1.807, 2.05) is 12.3 Å². The molecule has 126 valence electrons. The number of carbonyl (C=O) groups is 1. The summed E-state index contributed by atoms with van der Waals surface area (Å²) in [7, 11) is 0. The van der Waals surface area contributed by atoms with Crippen molar-refractivity contribution < 1.29 is 14.6 Å². The number of hydrogen-bond donors (Lipinski definition) is 1. The lowest BCUT2D eigenvalue weighted by Gasteiger charge is -2.47. The van der Waals surface area contributed by atoms with Crippen LogP contribution in [-0.4, -0.2) is 70.8 Å². The van der Waals surface area contributed by atoms with E-state index in [-0.39, 0.29) is 12.0 Å². The zero-order chi connectivity index (χ0) is 16.1. The Labute approximate surface area is 137 Å². The molecule has 1 aromatic heterocycles. The van der Waals surface area contributed by atoms with Crippen molar-refractivity contribution in [2.75, 3.05) is 39.3 Å². The van der Waals surface area contributed by atoms with E-state index in [2.05, 4.69) is 20.9 Å². The molecule has 3 heterocycles. The first-order valence-corrected chi connectivity index (χ1v) is 8.35. The Morgan fingerprint density at radius 1 is 1.30 bits per heavy atom. The van der Waals surface area contributed by atoms with Gasteiger partial charge in [-0.15, -0.1) is 0 Å². The van der Waals surface area contributed by atoms with Crippen LogP contribution >= 0.6 is 0 Å². The van der Waals surface area contributed by atoms with Gasteiger partial charge in [0.15, 0.2) is 0 Å². The predicted molar refractivity (Wildman–Crippen MR) is 86.1 cm³/mol. The summed E-state index contributed by atoms with van der Waals surface area (Å²) in [5.74, 6) is -0.725. The normalized spacial score (nSPS) is 22.3. The average molecular weight is 319 g/mol. The Kier molecular flexibility index (Phi) is 5.25. The zero-order valence-electron chi connectivity index (χ0n) is 13.5. The van der Waals surface area contributed by atoms with Gasteiger partial charge in [0, 0.05) is 51.7 Å². The number of piperidine rings is 1.